The molecule has 0 bridgehead atoms. The number of ether oxygens (including phenoxy) is 2. The van der Waals surface area contributed by atoms with E-state index in [1.807, 2.05) is 0 Å². The van der Waals surface area contributed by atoms with Crippen LogP contribution >= 0.6 is 0 Å². The predicted molar refractivity (Wildman–Crippen MR) is 99.5 cm³/mol. The van der Waals surface area contributed by atoms with Gasteiger partial charge in [-0.3, -0.25) is 4.79 Å². The number of carbonyl (C=O) groups is 1. The van der Waals surface area contributed by atoms with Crippen LogP contribution in [0, 0.1) is 5.82 Å². The second-order valence-corrected chi connectivity index (χ2v) is 6.12. The van der Waals surface area contributed by atoms with E-state index in [1.54, 1.807) is 51.5 Å². The fourth-order valence-electron chi connectivity index (χ4n) is 2.65. The number of nitrogens with one attached hydrogen (secondary N) is 1. The molecule has 1 aromatic heterocycles. The van der Waals surface area contributed by atoms with E-state index >= 15 is 0 Å². The lowest BCUT2D eigenvalue weighted by Crippen LogP contribution is -2.28. The Bertz CT molecular complexity index is 956. The van der Waals surface area contributed by atoms with Crippen molar-refractivity contribution in [2.75, 3.05) is 14.2 Å². The van der Waals surface area contributed by atoms with Gasteiger partial charge >= 0.3 is 0 Å². The van der Waals surface area contributed by atoms with Crippen molar-refractivity contribution in [2.45, 2.75) is 19.4 Å². The number of nitrogens with zero attached hydrogens (tertiary/aromatic N) is 2. The van der Waals surface area contributed by atoms with Crippen LogP contribution in [0.15, 0.2) is 47.0 Å². The molecule has 1 amide bonds. The second-order valence-electron chi connectivity index (χ2n) is 6.12. The molecule has 0 radical (unpaired) electrons. The summed E-state index contributed by atoms with van der Waals surface area (Å²) in [6, 6.07) is 10.6. The van der Waals surface area contributed by atoms with E-state index in [2.05, 4.69) is 15.5 Å². The molecule has 1 N–H and O–H groups in total. The highest BCUT2D eigenvalue weighted by Gasteiger charge is 2.18. The Morgan fingerprint density at radius 2 is 1.86 bits per heavy atom. The summed E-state index contributed by atoms with van der Waals surface area (Å²) in [6.07, 6.45) is 0.126. The van der Waals surface area contributed by atoms with E-state index in [4.69, 9.17) is 14.0 Å². The summed E-state index contributed by atoms with van der Waals surface area (Å²) in [7, 11) is 3.10. The van der Waals surface area contributed by atoms with Crippen LogP contribution in [0.25, 0.3) is 11.4 Å². The minimum absolute atomic E-state index is 0.126. The molecule has 3 aromatic rings. The minimum Gasteiger partial charge on any atom is -0.493 e. The molecule has 0 unspecified atom stereocenters. The molecule has 146 valence electrons. The average molecular weight is 385 g/mol. The van der Waals surface area contributed by atoms with E-state index in [9.17, 15) is 9.18 Å². The largest absolute Gasteiger partial charge is 0.493 e. The molecule has 3 rings (SSSR count). The van der Waals surface area contributed by atoms with Gasteiger partial charge < -0.3 is 19.3 Å². The van der Waals surface area contributed by atoms with Crippen LogP contribution in [0.3, 0.4) is 0 Å². The number of amides is 1. The van der Waals surface area contributed by atoms with E-state index in [0.717, 1.165) is 0 Å². The van der Waals surface area contributed by atoms with Crippen molar-refractivity contribution >= 4 is 5.91 Å². The molecule has 0 aliphatic carbocycles. The van der Waals surface area contributed by atoms with Gasteiger partial charge in [-0.05, 0) is 42.8 Å². The highest BCUT2D eigenvalue weighted by atomic mass is 19.1. The monoisotopic (exact) mass is 385 g/mol. The topological polar surface area (TPSA) is 86.5 Å². The summed E-state index contributed by atoms with van der Waals surface area (Å²) in [4.78, 5) is 16.5. The molecule has 7 nitrogen and oxygen atoms in total. The van der Waals surface area contributed by atoms with Crippen LogP contribution in [0.5, 0.6) is 11.5 Å². The van der Waals surface area contributed by atoms with Crippen molar-refractivity contribution in [1.29, 1.82) is 0 Å². The van der Waals surface area contributed by atoms with Crippen LogP contribution in [0.4, 0.5) is 4.39 Å². The van der Waals surface area contributed by atoms with Gasteiger partial charge in [0.05, 0.1) is 20.6 Å². The molecule has 2 aromatic carbocycles. The van der Waals surface area contributed by atoms with Gasteiger partial charge in [0.2, 0.25) is 17.6 Å². The smallest absolute Gasteiger partial charge is 0.249 e. The first-order valence-corrected chi connectivity index (χ1v) is 8.60. The molecule has 0 saturated heterocycles. The molecule has 0 saturated carbocycles. The number of benzene rings is 2. The van der Waals surface area contributed by atoms with E-state index < -0.39 is 6.04 Å². The maximum Gasteiger partial charge on any atom is 0.249 e. The number of carbonyl (C=O) groups excluding carboxylic acids is 1. The maximum atomic E-state index is 12.9. The molecule has 1 atom stereocenters. The summed E-state index contributed by atoms with van der Waals surface area (Å²) >= 11 is 0. The Balaban J connectivity index is 1.67. The summed E-state index contributed by atoms with van der Waals surface area (Å²) in [6.45, 7) is 1.74. The summed E-state index contributed by atoms with van der Waals surface area (Å²) in [5.74, 6) is 1.22. The van der Waals surface area contributed by atoms with Gasteiger partial charge in [-0.15, -0.1) is 0 Å². The van der Waals surface area contributed by atoms with Crippen LogP contribution in [0.2, 0.25) is 0 Å². The van der Waals surface area contributed by atoms with Gasteiger partial charge in [-0.2, -0.15) is 4.98 Å². The van der Waals surface area contributed by atoms with Crippen molar-refractivity contribution in [3.8, 4) is 22.9 Å². The van der Waals surface area contributed by atoms with E-state index in [-0.39, 0.29) is 24.0 Å². The molecular weight excluding hydrogens is 365 g/mol. The Morgan fingerprint density at radius 1 is 1.14 bits per heavy atom. The number of hydrogen-bond donors (Lipinski definition) is 1. The normalized spacial score (nSPS) is 11.7. The van der Waals surface area contributed by atoms with Crippen molar-refractivity contribution < 1.29 is 23.2 Å². The molecule has 0 aliphatic heterocycles. The zero-order valence-electron chi connectivity index (χ0n) is 15.7. The van der Waals surface area contributed by atoms with Gasteiger partial charge in [-0.1, -0.05) is 17.3 Å². The highest BCUT2D eigenvalue weighted by molar-refractivity contribution is 5.78. The Morgan fingerprint density at radius 3 is 2.54 bits per heavy atom. The lowest BCUT2D eigenvalue weighted by molar-refractivity contribution is -0.121. The first kappa shape index (κ1) is 19.3. The highest BCUT2D eigenvalue weighted by Crippen LogP contribution is 2.31. The second kappa shape index (κ2) is 8.51. The van der Waals surface area contributed by atoms with Crippen LogP contribution in [0.1, 0.15) is 24.4 Å². The fraction of sp³-hybridized carbons (Fsp3) is 0.250. The predicted octanol–water partition coefficient (Wildman–Crippen LogP) is 3.31. The maximum absolute atomic E-state index is 12.9. The third kappa shape index (κ3) is 4.46. The molecule has 0 spiro atoms. The minimum atomic E-state index is -0.477. The number of rotatable bonds is 7. The number of halogens is 1. The van der Waals surface area contributed by atoms with Gasteiger partial charge in [0.1, 0.15) is 11.9 Å². The van der Waals surface area contributed by atoms with Crippen LogP contribution in [-0.4, -0.2) is 30.3 Å². The molecule has 0 fully saturated rings. The Labute approximate surface area is 161 Å². The van der Waals surface area contributed by atoms with Crippen LogP contribution < -0.4 is 14.8 Å². The first-order valence-electron chi connectivity index (χ1n) is 8.60. The first-order chi connectivity index (χ1) is 13.5. The fourth-order valence-corrected chi connectivity index (χ4v) is 2.65. The van der Waals surface area contributed by atoms with E-state index in [1.165, 1.54) is 12.1 Å². The van der Waals surface area contributed by atoms with Gasteiger partial charge in [-0.25, -0.2) is 4.39 Å². The standard InChI is InChI=1S/C20H20FN3O4/c1-12(22-18(25)10-13-4-7-15(21)8-5-13)20-23-19(24-28-20)14-6-9-16(26-2)17(11-14)27-3/h4-9,11-12H,10H2,1-3H3,(H,22,25)/t12-/m1/s1. The lowest BCUT2D eigenvalue weighted by Gasteiger charge is -2.09. The molecule has 28 heavy (non-hydrogen) atoms. The summed E-state index contributed by atoms with van der Waals surface area (Å²) in [5.41, 5.74) is 1.40. The quantitative estimate of drug-likeness (QED) is 0.671. The Kier molecular flexibility index (Phi) is 5.88. The van der Waals surface area contributed by atoms with Crippen molar-refractivity contribution in [3.05, 3.63) is 59.7 Å². The van der Waals surface area contributed by atoms with Crippen molar-refractivity contribution in [1.82, 2.24) is 15.5 Å². The number of hydrogen-bond acceptors (Lipinski definition) is 6. The van der Waals surface area contributed by atoms with E-state index in [0.29, 0.717) is 28.5 Å². The summed E-state index contributed by atoms with van der Waals surface area (Å²) < 4.78 is 28.7. The molecule has 0 aliphatic rings. The molecule has 8 heteroatoms. The third-order valence-electron chi connectivity index (χ3n) is 4.11. The molecular formula is C20H20FN3O4. The molecule has 1 heterocycles. The SMILES string of the molecule is COc1ccc(-c2noc([C@@H](C)NC(=O)Cc3ccc(F)cc3)n2)cc1OC. The Hall–Kier alpha value is -3.42. The number of methoxy groups -OCH3 is 2. The van der Waals surface area contributed by atoms with Crippen LogP contribution in [-0.2, 0) is 11.2 Å². The number of aromatic nitrogens is 2. The zero-order chi connectivity index (χ0) is 20.1. The van der Waals surface area contributed by atoms with Crippen molar-refractivity contribution in [2.24, 2.45) is 0 Å². The third-order valence-corrected chi connectivity index (χ3v) is 4.11. The van der Waals surface area contributed by atoms with Gasteiger partial charge in [0.15, 0.2) is 11.5 Å². The van der Waals surface area contributed by atoms with Gasteiger partial charge in [0.25, 0.3) is 0 Å². The average Bonchev–Trinajstić information content (AvgIpc) is 3.19. The van der Waals surface area contributed by atoms with Gasteiger partial charge in [0, 0.05) is 5.56 Å². The van der Waals surface area contributed by atoms with Crippen molar-refractivity contribution in [3.63, 3.8) is 0 Å². The summed E-state index contributed by atoms with van der Waals surface area (Å²) in [5, 5.41) is 6.76. The zero-order valence-corrected chi connectivity index (χ0v) is 15.7. The lowest BCUT2D eigenvalue weighted by atomic mass is 10.1.